The maximum absolute atomic E-state index is 13.4. The van der Waals surface area contributed by atoms with E-state index >= 15 is 0 Å². The van der Waals surface area contributed by atoms with E-state index < -0.39 is 11.7 Å². The third-order valence-electron chi connectivity index (χ3n) is 4.03. The molecule has 0 aliphatic carbocycles. The van der Waals surface area contributed by atoms with Gasteiger partial charge in [0.15, 0.2) is 11.6 Å². The minimum Gasteiger partial charge on any atom is -0.463 e. The van der Waals surface area contributed by atoms with Gasteiger partial charge in [-0.15, -0.1) is 10.2 Å². The fraction of sp³-hybridized carbons (Fsp3) is 0.500. The Morgan fingerprint density at radius 2 is 2.21 bits per heavy atom. The fourth-order valence-corrected chi connectivity index (χ4v) is 2.92. The van der Waals surface area contributed by atoms with Crippen molar-refractivity contribution in [2.75, 3.05) is 25.0 Å². The van der Waals surface area contributed by atoms with Gasteiger partial charge in [-0.25, -0.2) is 0 Å². The molecule has 0 amide bonds. The zero-order chi connectivity index (χ0) is 17.2. The topological polar surface area (TPSA) is 54.2 Å². The van der Waals surface area contributed by atoms with E-state index in [-0.39, 0.29) is 23.3 Å². The smallest absolute Gasteiger partial charge is 0.420 e. The van der Waals surface area contributed by atoms with Crippen LogP contribution in [0.4, 0.5) is 19.0 Å². The van der Waals surface area contributed by atoms with E-state index in [1.54, 1.807) is 12.1 Å². The number of nitrogens with one attached hydrogen (secondary N) is 1. The lowest BCUT2D eigenvalue weighted by Gasteiger charge is -2.18. The number of hydrogen-bond donors (Lipinski definition) is 1. The number of furan rings is 1. The van der Waals surface area contributed by atoms with Gasteiger partial charge in [0.05, 0.1) is 6.26 Å². The van der Waals surface area contributed by atoms with Crippen LogP contribution in [0.25, 0.3) is 11.5 Å². The van der Waals surface area contributed by atoms with Crippen LogP contribution >= 0.6 is 0 Å². The summed E-state index contributed by atoms with van der Waals surface area (Å²) >= 11 is 0. The highest BCUT2D eigenvalue weighted by molar-refractivity contribution is 5.57. The van der Waals surface area contributed by atoms with Crippen LogP contribution in [-0.4, -0.2) is 40.8 Å². The van der Waals surface area contributed by atoms with Crippen LogP contribution in [0.2, 0.25) is 0 Å². The summed E-state index contributed by atoms with van der Waals surface area (Å²) < 4.78 is 45.3. The zero-order valence-corrected chi connectivity index (χ0v) is 13.3. The number of likely N-dealkylation sites (tertiary alicyclic amines) is 1. The Bertz CT molecular complexity index is 672. The second-order valence-corrected chi connectivity index (χ2v) is 5.90. The summed E-state index contributed by atoms with van der Waals surface area (Å²) in [4.78, 5) is 2.23. The van der Waals surface area contributed by atoms with Crippen LogP contribution in [0.15, 0.2) is 28.9 Å². The van der Waals surface area contributed by atoms with Gasteiger partial charge in [-0.2, -0.15) is 13.2 Å². The van der Waals surface area contributed by atoms with Crippen molar-refractivity contribution in [3.63, 3.8) is 0 Å². The van der Waals surface area contributed by atoms with Crippen LogP contribution in [0.5, 0.6) is 0 Å². The van der Waals surface area contributed by atoms with E-state index in [1.165, 1.54) is 6.26 Å². The average molecular weight is 340 g/mol. The number of rotatable bonds is 5. The van der Waals surface area contributed by atoms with Crippen LogP contribution in [0.3, 0.4) is 0 Å². The van der Waals surface area contributed by atoms with Gasteiger partial charge in [-0.05, 0) is 37.6 Å². The normalized spacial score (nSPS) is 18.9. The summed E-state index contributed by atoms with van der Waals surface area (Å²) in [5.41, 5.74) is -0.755. The predicted octanol–water partition coefficient (Wildman–Crippen LogP) is 3.65. The summed E-state index contributed by atoms with van der Waals surface area (Å²) in [6.07, 6.45) is -1.31. The van der Waals surface area contributed by atoms with Gasteiger partial charge in [0, 0.05) is 19.1 Å². The molecule has 1 aliphatic heterocycles. The third kappa shape index (κ3) is 3.69. The molecule has 3 rings (SSSR count). The van der Waals surface area contributed by atoms with Crippen LogP contribution in [0.1, 0.15) is 25.3 Å². The summed E-state index contributed by atoms with van der Waals surface area (Å²) in [5, 5.41) is 10.6. The second-order valence-electron chi connectivity index (χ2n) is 5.90. The van der Waals surface area contributed by atoms with Crippen molar-refractivity contribution >= 4 is 5.82 Å². The largest absolute Gasteiger partial charge is 0.463 e. The molecule has 2 aromatic rings. The minimum absolute atomic E-state index is 0.0542. The summed E-state index contributed by atoms with van der Waals surface area (Å²) in [7, 11) is 0. The Balaban J connectivity index is 1.82. The fourth-order valence-electron chi connectivity index (χ4n) is 2.92. The first-order valence-corrected chi connectivity index (χ1v) is 7.95. The number of nitrogens with zero attached hydrogens (tertiary/aromatic N) is 3. The lowest BCUT2D eigenvalue weighted by Crippen LogP contribution is -2.28. The number of alkyl halides is 3. The summed E-state index contributed by atoms with van der Waals surface area (Å²) in [6.45, 7) is 4.63. The Morgan fingerprint density at radius 1 is 1.38 bits per heavy atom. The molecule has 8 heteroatoms. The highest BCUT2D eigenvalue weighted by atomic mass is 19.4. The molecule has 5 nitrogen and oxygen atoms in total. The molecular formula is C16H19F3N4O. The van der Waals surface area contributed by atoms with E-state index in [2.05, 4.69) is 27.3 Å². The van der Waals surface area contributed by atoms with Crippen LogP contribution in [-0.2, 0) is 6.18 Å². The first-order valence-electron chi connectivity index (χ1n) is 7.95. The van der Waals surface area contributed by atoms with Gasteiger partial charge in [0.25, 0.3) is 0 Å². The van der Waals surface area contributed by atoms with Gasteiger partial charge in [-0.1, -0.05) is 6.92 Å². The molecule has 0 bridgehead atoms. The molecular weight excluding hydrogens is 321 g/mol. The Labute approximate surface area is 137 Å². The second kappa shape index (κ2) is 6.80. The van der Waals surface area contributed by atoms with Gasteiger partial charge >= 0.3 is 6.18 Å². The molecule has 24 heavy (non-hydrogen) atoms. The molecule has 1 unspecified atom stereocenters. The molecule has 0 saturated carbocycles. The first-order chi connectivity index (χ1) is 11.5. The quantitative estimate of drug-likeness (QED) is 0.900. The van der Waals surface area contributed by atoms with E-state index in [0.29, 0.717) is 6.54 Å². The SMILES string of the molecule is CCCN1CCC(Nc2nnc(-c3ccco3)cc2C(F)(F)F)C1. The molecule has 1 saturated heterocycles. The zero-order valence-electron chi connectivity index (χ0n) is 13.3. The standard InChI is InChI=1S/C16H19F3N4O/c1-2-6-23-7-5-11(10-23)20-15-12(16(17,18)19)9-13(21-22-15)14-4-3-8-24-14/h3-4,8-9,11H,2,5-7,10H2,1H3,(H,20,22). The van der Waals surface area contributed by atoms with E-state index in [4.69, 9.17) is 4.42 Å². The lowest BCUT2D eigenvalue weighted by molar-refractivity contribution is -0.137. The Kier molecular flexibility index (Phi) is 4.75. The number of hydrogen-bond acceptors (Lipinski definition) is 5. The lowest BCUT2D eigenvalue weighted by atomic mass is 10.2. The summed E-state index contributed by atoms with van der Waals surface area (Å²) in [5.74, 6) is 0.0377. The molecule has 130 valence electrons. The van der Waals surface area contributed by atoms with Crippen molar-refractivity contribution in [2.24, 2.45) is 0 Å². The minimum atomic E-state index is -4.51. The molecule has 0 radical (unpaired) electrons. The van der Waals surface area contributed by atoms with E-state index in [0.717, 1.165) is 32.0 Å². The van der Waals surface area contributed by atoms with E-state index in [1.807, 2.05) is 0 Å². The van der Waals surface area contributed by atoms with Crippen LogP contribution < -0.4 is 5.32 Å². The average Bonchev–Trinajstić information content (AvgIpc) is 3.19. The van der Waals surface area contributed by atoms with E-state index in [9.17, 15) is 13.2 Å². The maximum Gasteiger partial charge on any atom is 0.420 e. The molecule has 2 aromatic heterocycles. The highest BCUT2D eigenvalue weighted by Gasteiger charge is 2.36. The van der Waals surface area contributed by atoms with Gasteiger partial charge < -0.3 is 14.6 Å². The van der Waals surface area contributed by atoms with Crippen molar-refractivity contribution in [2.45, 2.75) is 32.0 Å². The molecule has 1 aliphatic rings. The molecule has 0 aromatic carbocycles. The van der Waals surface area contributed by atoms with Gasteiger partial charge in [-0.3, -0.25) is 0 Å². The molecule has 0 spiro atoms. The van der Waals surface area contributed by atoms with Crippen molar-refractivity contribution in [1.82, 2.24) is 15.1 Å². The maximum atomic E-state index is 13.4. The van der Waals surface area contributed by atoms with Gasteiger partial charge in [0.2, 0.25) is 0 Å². The molecule has 1 fully saturated rings. The van der Waals surface area contributed by atoms with Crippen molar-refractivity contribution in [1.29, 1.82) is 0 Å². The molecule has 1 atom stereocenters. The van der Waals surface area contributed by atoms with Crippen molar-refractivity contribution in [3.8, 4) is 11.5 Å². The number of anilines is 1. The number of halogens is 3. The molecule has 1 N–H and O–H groups in total. The van der Waals surface area contributed by atoms with Crippen molar-refractivity contribution in [3.05, 3.63) is 30.0 Å². The Hall–Kier alpha value is -2.09. The van der Waals surface area contributed by atoms with Gasteiger partial charge in [0.1, 0.15) is 11.3 Å². The first kappa shape index (κ1) is 16.8. The summed E-state index contributed by atoms with van der Waals surface area (Å²) in [6, 6.07) is 4.07. The highest BCUT2D eigenvalue weighted by Crippen LogP contribution is 2.36. The van der Waals surface area contributed by atoms with Crippen molar-refractivity contribution < 1.29 is 17.6 Å². The monoisotopic (exact) mass is 340 g/mol. The van der Waals surface area contributed by atoms with Crippen LogP contribution in [0, 0.1) is 0 Å². The third-order valence-corrected chi connectivity index (χ3v) is 4.03. The molecule has 3 heterocycles. The predicted molar refractivity (Wildman–Crippen MR) is 83.5 cm³/mol. The number of aromatic nitrogens is 2. The Morgan fingerprint density at radius 3 is 2.88 bits per heavy atom.